The average Bonchev–Trinajstić information content (AvgIpc) is 3.64. The lowest BCUT2D eigenvalue weighted by Gasteiger charge is -2.15. The number of fused-ring (bicyclic) bond motifs is 6. The van der Waals surface area contributed by atoms with Crippen molar-refractivity contribution >= 4 is 11.1 Å². The van der Waals surface area contributed by atoms with Crippen LogP contribution in [0.4, 0.5) is 43.9 Å². The summed E-state index contributed by atoms with van der Waals surface area (Å²) in [5, 5.41) is 19.9. The van der Waals surface area contributed by atoms with E-state index in [0.717, 1.165) is 0 Å². The molecule has 0 amide bonds. The van der Waals surface area contributed by atoms with E-state index in [1.54, 1.807) is 52.0 Å². The lowest BCUT2D eigenvalue weighted by atomic mass is 9.88. The van der Waals surface area contributed by atoms with E-state index in [9.17, 15) is 54.4 Å². The Morgan fingerprint density at radius 1 is 0.464 bits per heavy atom. The molecule has 7 rings (SSSR count). The summed E-state index contributed by atoms with van der Waals surface area (Å²) >= 11 is 0. The Bertz CT molecular complexity index is 2500. The summed E-state index contributed by atoms with van der Waals surface area (Å²) in [4.78, 5) is 0. The Morgan fingerprint density at radius 2 is 0.804 bits per heavy atom. The molecule has 0 N–H and O–H groups in total. The molecule has 2 atom stereocenters. The van der Waals surface area contributed by atoms with E-state index in [2.05, 4.69) is 12.1 Å². The zero-order valence-corrected chi connectivity index (χ0v) is 29.8. The molecule has 0 aliphatic heterocycles. The number of allylic oxidation sites excluding steroid dienone is 2. The van der Waals surface area contributed by atoms with Gasteiger partial charge in [-0.1, -0.05) is 24.3 Å². The van der Waals surface area contributed by atoms with Gasteiger partial charge in [0, 0.05) is 0 Å². The Labute approximate surface area is 314 Å². The number of nitrogens with zero attached hydrogens (tertiary/aromatic N) is 2. The van der Waals surface area contributed by atoms with Crippen LogP contribution in [0, 0.1) is 57.8 Å². The fourth-order valence-electron chi connectivity index (χ4n) is 7.48. The maximum atomic E-state index is 14.5. The van der Waals surface area contributed by atoms with Crippen LogP contribution in [0.1, 0.15) is 61.1 Å². The van der Waals surface area contributed by atoms with Crippen molar-refractivity contribution in [2.24, 2.45) is 11.8 Å². The third kappa shape index (κ3) is 6.04. The van der Waals surface area contributed by atoms with Gasteiger partial charge in [-0.05, 0) is 165 Å². The molecule has 0 heterocycles. The molecule has 2 aliphatic carbocycles. The quantitative estimate of drug-likeness (QED) is 0.167. The molecule has 2 unspecified atom stereocenters. The van der Waals surface area contributed by atoms with Crippen molar-refractivity contribution in [3.63, 3.8) is 0 Å². The van der Waals surface area contributed by atoms with Gasteiger partial charge in [0.2, 0.25) is 0 Å². The molecule has 0 radical (unpaired) electrons. The summed E-state index contributed by atoms with van der Waals surface area (Å²) in [6.45, 7) is 6.82. The SMILES string of the molecule is C/C(=C1\c2cc(-c3cc(F)c(F)c(C(F)(F)F)c3)ccc2-c2cc3c(cc21)/C(=C(\C)C(C)C#N)c1cc(-c2cc(F)c(F)c(C(F)(F)F)c2)ccc1-3)C(C)C#N. The van der Waals surface area contributed by atoms with E-state index >= 15 is 0 Å². The third-order valence-electron chi connectivity index (χ3n) is 10.7. The zero-order valence-electron chi connectivity index (χ0n) is 29.8. The predicted octanol–water partition coefficient (Wildman–Crippen LogP) is 13.5. The summed E-state index contributed by atoms with van der Waals surface area (Å²) in [6, 6.07) is 20.0. The summed E-state index contributed by atoms with van der Waals surface area (Å²) < 4.78 is 140. The van der Waals surface area contributed by atoms with Crippen molar-refractivity contribution < 1.29 is 43.9 Å². The second-order valence-corrected chi connectivity index (χ2v) is 13.9. The van der Waals surface area contributed by atoms with Gasteiger partial charge in [0.1, 0.15) is 0 Å². The Morgan fingerprint density at radius 3 is 1.14 bits per heavy atom. The van der Waals surface area contributed by atoms with E-state index in [1.165, 1.54) is 12.1 Å². The van der Waals surface area contributed by atoms with E-state index in [1.807, 2.05) is 12.1 Å². The van der Waals surface area contributed by atoms with Crippen molar-refractivity contribution in [1.82, 2.24) is 0 Å². The monoisotopic (exact) mass is 772 g/mol. The van der Waals surface area contributed by atoms with Crippen molar-refractivity contribution in [3.8, 4) is 56.6 Å². The molecule has 0 spiro atoms. The molecule has 12 heteroatoms. The molecule has 0 aromatic heterocycles. The van der Waals surface area contributed by atoms with E-state index < -0.39 is 58.6 Å². The molecule has 5 aromatic carbocycles. The van der Waals surface area contributed by atoms with Crippen LogP contribution < -0.4 is 0 Å². The first-order valence-corrected chi connectivity index (χ1v) is 17.1. The van der Waals surface area contributed by atoms with Crippen LogP contribution in [0.2, 0.25) is 0 Å². The predicted molar refractivity (Wildman–Crippen MR) is 191 cm³/mol. The smallest absolute Gasteiger partial charge is 0.204 e. The van der Waals surface area contributed by atoms with Crippen LogP contribution in [0.3, 0.4) is 0 Å². The first-order valence-electron chi connectivity index (χ1n) is 17.1. The molecule has 282 valence electrons. The van der Waals surface area contributed by atoms with Crippen LogP contribution in [-0.2, 0) is 12.4 Å². The second-order valence-electron chi connectivity index (χ2n) is 13.9. The molecule has 0 saturated carbocycles. The lowest BCUT2D eigenvalue weighted by Crippen LogP contribution is -2.10. The van der Waals surface area contributed by atoms with Crippen LogP contribution in [-0.4, -0.2) is 0 Å². The van der Waals surface area contributed by atoms with Gasteiger partial charge in [-0.3, -0.25) is 0 Å². The van der Waals surface area contributed by atoms with Gasteiger partial charge in [-0.25, -0.2) is 17.6 Å². The number of alkyl halides is 6. The highest BCUT2D eigenvalue weighted by atomic mass is 19.4. The number of hydrogen-bond donors (Lipinski definition) is 0. The molecule has 0 bridgehead atoms. The molecule has 0 fully saturated rings. The third-order valence-corrected chi connectivity index (χ3v) is 10.7. The molecule has 2 aliphatic rings. The summed E-state index contributed by atoms with van der Waals surface area (Å²) in [5.41, 5.74) is 3.66. The van der Waals surface area contributed by atoms with Gasteiger partial charge in [0.05, 0.1) is 35.1 Å². The van der Waals surface area contributed by atoms with Gasteiger partial charge in [-0.15, -0.1) is 0 Å². The normalized spacial score (nSPS) is 15.9. The maximum absolute atomic E-state index is 14.5. The molecule has 56 heavy (non-hydrogen) atoms. The summed E-state index contributed by atoms with van der Waals surface area (Å²) in [6.07, 6.45) is -10.3. The van der Waals surface area contributed by atoms with E-state index in [-0.39, 0.29) is 22.3 Å². The van der Waals surface area contributed by atoms with Gasteiger partial charge in [0.15, 0.2) is 23.3 Å². The Kier molecular flexibility index (Phi) is 9.03. The number of rotatable bonds is 4. The first-order chi connectivity index (χ1) is 26.3. The van der Waals surface area contributed by atoms with Gasteiger partial charge >= 0.3 is 12.4 Å². The van der Waals surface area contributed by atoms with Crippen molar-refractivity contribution in [3.05, 3.63) is 141 Å². The minimum atomic E-state index is -5.16. The number of hydrogen-bond acceptors (Lipinski definition) is 2. The van der Waals surface area contributed by atoms with Crippen molar-refractivity contribution in [1.29, 1.82) is 10.5 Å². The topological polar surface area (TPSA) is 47.6 Å². The molecule has 2 nitrogen and oxygen atoms in total. The minimum Gasteiger partial charge on any atom is -0.204 e. The van der Waals surface area contributed by atoms with Crippen molar-refractivity contribution in [2.75, 3.05) is 0 Å². The van der Waals surface area contributed by atoms with Crippen LogP contribution >= 0.6 is 0 Å². The fraction of sp³-hybridized carbons (Fsp3) is 0.182. The fourth-order valence-corrected chi connectivity index (χ4v) is 7.48. The minimum absolute atomic E-state index is 0.159. The van der Waals surface area contributed by atoms with Crippen LogP contribution in [0.15, 0.2) is 83.9 Å². The lowest BCUT2D eigenvalue weighted by molar-refractivity contribution is -0.141. The highest BCUT2D eigenvalue weighted by Gasteiger charge is 2.38. The second kappa shape index (κ2) is 13.3. The first kappa shape index (κ1) is 38.1. The standard InChI is InChI=1S/C44H26F10N2/c1-19(17-55)21(3)39-31-9-23(25-11-35(43(49,50)51)41(47)37(45)13-25)5-7-27(31)29-15-30-28-8-6-24(26-12-36(44(52,53)54)42(48)38(46)14-26)10-32(28)40(22(4)20(2)18-56)34(30)16-33(29)39/h5-16,19-20H,1-4H3/b39-21-,40-22+. The average molecular weight is 773 g/mol. The van der Waals surface area contributed by atoms with Gasteiger partial charge in [0.25, 0.3) is 0 Å². The van der Waals surface area contributed by atoms with Crippen molar-refractivity contribution in [2.45, 2.75) is 40.0 Å². The highest BCUT2D eigenvalue weighted by Crippen LogP contribution is 2.55. The Balaban J connectivity index is 1.47. The van der Waals surface area contributed by atoms with E-state index in [0.29, 0.717) is 91.1 Å². The zero-order chi connectivity index (χ0) is 40.8. The molecular formula is C44H26F10N2. The van der Waals surface area contributed by atoms with Gasteiger partial charge in [-0.2, -0.15) is 36.9 Å². The number of nitriles is 2. The number of benzene rings is 5. The highest BCUT2D eigenvalue weighted by molar-refractivity contribution is 6.10. The van der Waals surface area contributed by atoms with Gasteiger partial charge < -0.3 is 0 Å². The summed E-state index contributed by atoms with van der Waals surface area (Å²) in [5.74, 6) is -8.67. The maximum Gasteiger partial charge on any atom is 0.419 e. The van der Waals surface area contributed by atoms with Crippen LogP contribution in [0.5, 0.6) is 0 Å². The molecule has 0 saturated heterocycles. The van der Waals surface area contributed by atoms with Crippen LogP contribution in [0.25, 0.3) is 55.7 Å². The molecular weight excluding hydrogens is 746 g/mol. The number of halogens is 10. The molecule has 5 aromatic rings. The Hall–Kier alpha value is -6.14. The largest absolute Gasteiger partial charge is 0.419 e. The van der Waals surface area contributed by atoms with E-state index in [4.69, 9.17) is 0 Å². The summed E-state index contributed by atoms with van der Waals surface area (Å²) in [7, 11) is 0.